The number of rotatable bonds is 6. The molecule has 0 aliphatic heterocycles. The van der Waals surface area contributed by atoms with Crippen LogP contribution < -0.4 is 0 Å². The molecule has 0 fully saturated rings. The van der Waals surface area contributed by atoms with Gasteiger partial charge in [-0.3, -0.25) is 20.2 Å². The molecule has 0 saturated heterocycles. The number of nitro groups is 2. The van der Waals surface area contributed by atoms with Crippen molar-refractivity contribution in [1.82, 2.24) is 0 Å². The third kappa shape index (κ3) is 4.77. The average Bonchev–Trinajstić information content (AvgIpc) is 2.55. The third-order valence-corrected chi connectivity index (χ3v) is 4.79. The first kappa shape index (κ1) is 19.3. The highest BCUT2D eigenvalue weighted by Crippen LogP contribution is 2.35. The van der Waals surface area contributed by atoms with E-state index in [1.165, 1.54) is 24.3 Å². The topological polar surface area (TPSA) is 141 Å². The minimum atomic E-state index is -3.80. The van der Waals surface area contributed by atoms with Crippen LogP contribution in [-0.2, 0) is 15.6 Å². The van der Waals surface area contributed by atoms with Crippen LogP contribution in [0.5, 0.6) is 5.75 Å². The van der Waals surface area contributed by atoms with Crippen LogP contribution in [0.4, 0.5) is 11.4 Å². The number of benzene rings is 2. The van der Waals surface area contributed by atoms with Gasteiger partial charge in [-0.15, -0.1) is 0 Å². The molecule has 0 saturated carbocycles. The number of non-ortho nitro benzene ring substituents is 1. The molecule has 0 bridgehead atoms. The van der Waals surface area contributed by atoms with Crippen molar-refractivity contribution >= 4 is 38.9 Å². The van der Waals surface area contributed by atoms with Crippen molar-refractivity contribution in [2.24, 2.45) is 0 Å². The number of nitro benzene ring substituents is 2. The van der Waals surface area contributed by atoms with Gasteiger partial charge in [-0.05, 0) is 23.8 Å². The lowest BCUT2D eigenvalue weighted by Crippen LogP contribution is -2.00. The maximum absolute atomic E-state index is 12.1. The van der Waals surface area contributed by atoms with Gasteiger partial charge in [0.1, 0.15) is 0 Å². The Hall–Kier alpha value is -2.98. The molecular weight excluding hydrogens is 388 g/mol. The van der Waals surface area contributed by atoms with Crippen LogP contribution in [0.2, 0.25) is 5.02 Å². The van der Waals surface area contributed by atoms with Gasteiger partial charge >= 0.3 is 5.69 Å². The molecule has 0 radical (unpaired) electrons. The van der Waals surface area contributed by atoms with Gasteiger partial charge in [-0.25, -0.2) is 8.42 Å². The molecule has 0 amide bonds. The Bertz CT molecular complexity index is 1000. The van der Waals surface area contributed by atoms with E-state index in [-0.39, 0.29) is 11.3 Å². The van der Waals surface area contributed by atoms with E-state index in [9.17, 15) is 33.8 Å². The number of sulfone groups is 1. The Kier molecular flexibility index (Phi) is 5.58. The monoisotopic (exact) mass is 398 g/mol. The zero-order valence-corrected chi connectivity index (χ0v) is 14.5. The van der Waals surface area contributed by atoms with Crippen molar-refractivity contribution in [3.8, 4) is 5.75 Å². The Labute approximate surface area is 152 Å². The van der Waals surface area contributed by atoms with Gasteiger partial charge in [0.2, 0.25) is 5.75 Å². The minimum absolute atomic E-state index is 0.356. The molecule has 2 rings (SSSR count). The lowest BCUT2D eigenvalue weighted by atomic mass is 10.1. The van der Waals surface area contributed by atoms with Crippen LogP contribution in [0.15, 0.2) is 41.8 Å². The molecule has 11 heteroatoms. The number of phenolic OH excluding ortho intramolecular Hbond substituents is 1. The summed E-state index contributed by atoms with van der Waals surface area (Å²) in [5.74, 6) is -1.24. The zero-order valence-electron chi connectivity index (χ0n) is 12.9. The SMILES string of the molecule is O=[N+]([O-])c1cc(/C=C/S(=O)(=O)Cc2ccc(Cl)cc2)c(O)c([N+](=O)[O-])c1. The zero-order chi connectivity index (χ0) is 19.5. The predicted octanol–water partition coefficient (Wildman–Crippen LogP) is 3.45. The van der Waals surface area contributed by atoms with E-state index in [4.69, 9.17) is 11.6 Å². The van der Waals surface area contributed by atoms with Crippen molar-refractivity contribution in [1.29, 1.82) is 0 Å². The highest BCUT2D eigenvalue weighted by Gasteiger charge is 2.23. The molecule has 1 N–H and O–H groups in total. The third-order valence-electron chi connectivity index (χ3n) is 3.25. The first-order valence-corrected chi connectivity index (χ1v) is 8.99. The average molecular weight is 399 g/mol. The Balaban J connectivity index is 2.37. The molecule has 136 valence electrons. The van der Waals surface area contributed by atoms with Gasteiger partial charge < -0.3 is 5.11 Å². The van der Waals surface area contributed by atoms with Gasteiger partial charge in [-0.1, -0.05) is 23.7 Å². The molecule has 0 spiro atoms. The normalized spacial score (nSPS) is 11.6. The van der Waals surface area contributed by atoms with Crippen LogP contribution in [-0.4, -0.2) is 23.4 Å². The number of nitrogens with zero attached hydrogens (tertiary/aromatic N) is 2. The standard InChI is InChI=1S/C15H11ClN2O7S/c16-12-3-1-10(2-4-12)9-26(24,25)6-5-11-7-13(17(20)21)8-14(15(11)19)18(22)23/h1-8,19H,9H2/b6-5+. The first-order valence-electron chi connectivity index (χ1n) is 6.90. The molecule has 0 unspecified atom stereocenters. The van der Waals surface area contributed by atoms with Gasteiger partial charge in [0.15, 0.2) is 9.84 Å². The van der Waals surface area contributed by atoms with Gasteiger partial charge in [0.25, 0.3) is 5.69 Å². The quantitative estimate of drug-likeness (QED) is 0.580. The maximum Gasteiger partial charge on any atom is 0.318 e. The molecule has 0 atom stereocenters. The van der Waals surface area contributed by atoms with Crippen molar-refractivity contribution in [2.75, 3.05) is 0 Å². The molecule has 0 aliphatic rings. The lowest BCUT2D eigenvalue weighted by Gasteiger charge is -2.03. The van der Waals surface area contributed by atoms with Crippen molar-refractivity contribution in [3.63, 3.8) is 0 Å². The summed E-state index contributed by atoms with van der Waals surface area (Å²) in [6, 6.07) is 7.51. The summed E-state index contributed by atoms with van der Waals surface area (Å²) < 4.78 is 24.3. The van der Waals surface area contributed by atoms with Crippen molar-refractivity contribution < 1.29 is 23.4 Å². The molecular formula is C15H11ClN2O7S. The van der Waals surface area contributed by atoms with Crippen molar-refractivity contribution in [2.45, 2.75) is 5.75 Å². The number of aromatic hydroxyl groups is 1. The van der Waals surface area contributed by atoms with Crippen LogP contribution in [0.25, 0.3) is 6.08 Å². The Morgan fingerprint density at radius 3 is 2.23 bits per heavy atom. The number of phenols is 1. The van der Waals surface area contributed by atoms with E-state index in [1.807, 2.05) is 0 Å². The fourth-order valence-electron chi connectivity index (χ4n) is 2.04. The fourth-order valence-corrected chi connectivity index (χ4v) is 3.27. The van der Waals surface area contributed by atoms with Gasteiger partial charge in [-0.2, -0.15) is 0 Å². The fraction of sp³-hybridized carbons (Fsp3) is 0.0667. The van der Waals surface area contributed by atoms with Gasteiger partial charge in [0.05, 0.1) is 21.7 Å². The molecule has 0 aliphatic carbocycles. The molecule has 0 heterocycles. The van der Waals surface area contributed by atoms with E-state index in [0.717, 1.165) is 17.6 Å². The van der Waals surface area contributed by atoms with Crippen LogP contribution in [0.3, 0.4) is 0 Å². The van der Waals surface area contributed by atoms with Crippen LogP contribution >= 0.6 is 11.6 Å². The first-order chi connectivity index (χ1) is 12.1. The van der Waals surface area contributed by atoms with E-state index < -0.39 is 36.8 Å². The molecule has 0 aromatic heterocycles. The summed E-state index contributed by atoms with van der Waals surface area (Å²) in [6.07, 6.45) is 0.876. The Morgan fingerprint density at radius 2 is 1.69 bits per heavy atom. The number of hydrogen-bond donors (Lipinski definition) is 1. The smallest absolute Gasteiger partial charge is 0.318 e. The summed E-state index contributed by atoms with van der Waals surface area (Å²) >= 11 is 5.72. The summed E-state index contributed by atoms with van der Waals surface area (Å²) in [7, 11) is -3.80. The van der Waals surface area contributed by atoms with Crippen LogP contribution in [0.1, 0.15) is 11.1 Å². The van der Waals surface area contributed by atoms with E-state index in [1.54, 1.807) is 0 Å². The molecule has 26 heavy (non-hydrogen) atoms. The van der Waals surface area contributed by atoms with Crippen LogP contribution in [0, 0.1) is 20.2 Å². The molecule has 9 nitrogen and oxygen atoms in total. The second-order valence-electron chi connectivity index (χ2n) is 5.15. The summed E-state index contributed by atoms with van der Waals surface area (Å²) in [5.41, 5.74) is -1.45. The molecule has 2 aromatic carbocycles. The maximum atomic E-state index is 12.1. The Morgan fingerprint density at radius 1 is 1.08 bits per heavy atom. The van der Waals surface area contributed by atoms with Gasteiger partial charge in [0, 0.05) is 22.1 Å². The largest absolute Gasteiger partial charge is 0.502 e. The number of halogens is 1. The minimum Gasteiger partial charge on any atom is -0.502 e. The number of hydrogen-bond acceptors (Lipinski definition) is 7. The van der Waals surface area contributed by atoms with E-state index in [0.29, 0.717) is 16.7 Å². The van der Waals surface area contributed by atoms with E-state index >= 15 is 0 Å². The predicted molar refractivity (Wildman–Crippen MR) is 94.5 cm³/mol. The lowest BCUT2D eigenvalue weighted by molar-refractivity contribution is -0.394. The summed E-state index contributed by atoms with van der Waals surface area (Å²) in [6.45, 7) is 0. The van der Waals surface area contributed by atoms with E-state index in [2.05, 4.69) is 0 Å². The highest BCUT2D eigenvalue weighted by atomic mass is 35.5. The highest BCUT2D eigenvalue weighted by molar-refractivity contribution is 7.93. The molecule has 2 aromatic rings. The van der Waals surface area contributed by atoms with Crippen molar-refractivity contribution in [3.05, 3.63) is 78.2 Å². The second-order valence-corrected chi connectivity index (χ2v) is 7.48. The summed E-state index contributed by atoms with van der Waals surface area (Å²) in [4.78, 5) is 19.9. The summed E-state index contributed by atoms with van der Waals surface area (Å²) in [5, 5.41) is 32.8. The second kappa shape index (κ2) is 7.50.